The quantitative estimate of drug-likeness (QED) is 0.535. The Balaban J connectivity index is 2.76. The van der Waals surface area contributed by atoms with Gasteiger partial charge in [0.15, 0.2) is 0 Å². The van der Waals surface area contributed by atoms with Crippen molar-refractivity contribution < 1.29 is 9.47 Å². The van der Waals surface area contributed by atoms with Crippen molar-refractivity contribution >= 4 is 17.4 Å². The molecule has 0 bridgehead atoms. The lowest BCUT2D eigenvalue weighted by atomic mass is 10.3. The van der Waals surface area contributed by atoms with E-state index in [1.54, 1.807) is 14.2 Å². The Bertz CT molecular complexity index is 363. The van der Waals surface area contributed by atoms with E-state index in [9.17, 15) is 0 Å². The van der Waals surface area contributed by atoms with Crippen LogP contribution in [0.1, 0.15) is 12.0 Å². The van der Waals surface area contributed by atoms with E-state index in [4.69, 9.17) is 21.1 Å². The van der Waals surface area contributed by atoms with Crippen molar-refractivity contribution in [2.24, 2.45) is 0 Å². The van der Waals surface area contributed by atoms with Gasteiger partial charge in [0, 0.05) is 39.5 Å². The third-order valence-electron chi connectivity index (χ3n) is 2.64. The Morgan fingerprint density at radius 1 is 1.17 bits per heavy atom. The third kappa shape index (κ3) is 4.40. The lowest BCUT2D eigenvalue weighted by molar-refractivity contribution is 0.191. The van der Waals surface area contributed by atoms with E-state index in [1.165, 1.54) is 6.33 Å². The van der Waals surface area contributed by atoms with Crippen molar-refractivity contribution in [3.63, 3.8) is 0 Å². The zero-order valence-electron chi connectivity index (χ0n) is 11.1. The van der Waals surface area contributed by atoms with Crippen molar-refractivity contribution in [2.75, 3.05) is 45.4 Å². The predicted octanol–water partition coefficient (Wildman–Crippen LogP) is 1.93. The molecule has 0 saturated heterocycles. The molecule has 0 saturated carbocycles. The maximum absolute atomic E-state index is 6.02. The Kier molecular flexibility index (Phi) is 6.93. The standard InChI is InChI=1S/C12H20ClN3O2/c1-10-11(13)14-9-15-12(10)16(6-8-18-3)5-4-7-17-2/h9H,4-8H2,1-3H3. The van der Waals surface area contributed by atoms with Crippen LogP contribution in [0.3, 0.4) is 0 Å². The van der Waals surface area contributed by atoms with Crippen molar-refractivity contribution in [1.29, 1.82) is 0 Å². The van der Waals surface area contributed by atoms with Crippen LogP contribution in [-0.4, -0.2) is 50.5 Å². The number of hydrogen-bond acceptors (Lipinski definition) is 5. The number of hydrogen-bond donors (Lipinski definition) is 0. The second-order valence-corrected chi connectivity index (χ2v) is 4.30. The second-order valence-electron chi connectivity index (χ2n) is 3.94. The maximum Gasteiger partial charge on any atom is 0.137 e. The summed E-state index contributed by atoms with van der Waals surface area (Å²) in [4.78, 5) is 10.4. The predicted molar refractivity (Wildman–Crippen MR) is 72.4 cm³/mol. The summed E-state index contributed by atoms with van der Waals surface area (Å²) in [6.07, 6.45) is 2.42. The highest BCUT2D eigenvalue weighted by Crippen LogP contribution is 2.21. The van der Waals surface area contributed by atoms with E-state index < -0.39 is 0 Å². The van der Waals surface area contributed by atoms with Crippen LogP contribution < -0.4 is 4.90 Å². The molecule has 1 heterocycles. The van der Waals surface area contributed by atoms with E-state index in [0.29, 0.717) is 11.8 Å². The molecule has 0 fully saturated rings. The zero-order valence-corrected chi connectivity index (χ0v) is 11.9. The van der Waals surface area contributed by atoms with Crippen molar-refractivity contribution in [3.8, 4) is 0 Å². The molecule has 102 valence electrons. The van der Waals surface area contributed by atoms with Gasteiger partial charge >= 0.3 is 0 Å². The first-order chi connectivity index (χ1) is 8.70. The second kappa shape index (κ2) is 8.24. The minimum Gasteiger partial charge on any atom is -0.385 e. The molecule has 0 aliphatic rings. The number of anilines is 1. The molecule has 5 nitrogen and oxygen atoms in total. The van der Waals surface area contributed by atoms with Crippen LogP contribution in [0.25, 0.3) is 0 Å². The summed E-state index contributed by atoms with van der Waals surface area (Å²) in [6, 6.07) is 0. The number of ether oxygens (including phenoxy) is 2. The lowest BCUT2D eigenvalue weighted by Crippen LogP contribution is -2.30. The van der Waals surface area contributed by atoms with Gasteiger partial charge in [-0.2, -0.15) is 0 Å². The smallest absolute Gasteiger partial charge is 0.137 e. The highest BCUT2D eigenvalue weighted by Gasteiger charge is 2.13. The lowest BCUT2D eigenvalue weighted by Gasteiger charge is -2.24. The molecule has 1 aromatic rings. The molecule has 0 aliphatic heterocycles. The largest absolute Gasteiger partial charge is 0.385 e. The number of halogens is 1. The number of aromatic nitrogens is 2. The monoisotopic (exact) mass is 273 g/mol. The van der Waals surface area contributed by atoms with Crippen LogP contribution in [0, 0.1) is 6.92 Å². The van der Waals surface area contributed by atoms with Crippen LogP contribution in [0.15, 0.2) is 6.33 Å². The molecular formula is C12H20ClN3O2. The van der Waals surface area contributed by atoms with Gasteiger partial charge in [-0.1, -0.05) is 11.6 Å². The summed E-state index contributed by atoms with van der Waals surface area (Å²) in [5.41, 5.74) is 0.896. The summed E-state index contributed by atoms with van der Waals surface area (Å²) in [6.45, 7) is 4.92. The first-order valence-corrected chi connectivity index (χ1v) is 6.28. The van der Waals surface area contributed by atoms with Gasteiger partial charge < -0.3 is 14.4 Å². The molecule has 0 N–H and O–H groups in total. The maximum atomic E-state index is 6.02. The van der Waals surface area contributed by atoms with Crippen LogP contribution >= 0.6 is 11.6 Å². The average molecular weight is 274 g/mol. The molecule has 1 rings (SSSR count). The fraction of sp³-hybridized carbons (Fsp3) is 0.667. The van der Waals surface area contributed by atoms with Gasteiger partial charge in [0.05, 0.1) is 6.61 Å². The van der Waals surface area contributed by atoms with Gasteiger partial charge in [-0.05, 0) is 13.3 Å². The molecular weight excluding hydrogens is 254 g/mol. The highest BCUT2D eigenvalue weighted by atomic mass is 35.5. The molecule has 0 unspecified atom stereocenters. The van der Waals surface area contributed by atoms with Crippen molar-refractivity contribution in [3.05, 3.63) is 17.0 Å². The Hall–Kier alpha value is -0.910. The third-order valence-corrected chi connectivity index (χ3v) is 3.02. The zero-order chi connectivity index (χ0) is 13.4. The molecule has 0 aromatic carbocycles. The molecule has 0 spiro atoms. The fourth-order valence-electron chi connectivity index (χ4n) is 1.66. The first-order valence-electron chi connectivity index (χ1n) is 5.90. The number of methoxy groups -OCH3 is 2. The SMILES string of the molecule is COCCCN(CCOC)c1ncnc(Cl)c1C. The summed E-state index contributed by atoms with van der Waals surface area (Å²) in [5.74, 6) is 0.864. The van der Waals surface area contributed by atoms with Gasteiger partial charge in [0.25, 0.3) is 0 Å². The number of nitrogens with zero attached hydrogens (tertiary/aromatic N) is 3. The van der Waals surface area contributed by atoms with Crippen LogP contribution in [-0.2, 0) is 9.47 Å². The summed E-state index contributed by atoms with van der Waals surface area (Å²) < 4.78 is 10.2. The van der Waals surface area contributed by atoms with Crippen molar-refractivity contribution in [2.45, 2.75) is 13.3 Å². The van der Waals surface area contributed by atoms with E-state index in [-0.39, 0.29) is 0 Å². The van der Waals surface area contributed by atoms with Crippen LogP contribution in [0.5, 0.6) is 0 Å². The average Bonchev–Trinajstić information content (AvgIpc) is 2.37. The van der Waals surface area contributed by atoms with Crippen molar-refractivity contribution in [1.82, 2.24) is 9.97 Å². The molecule has 0 aliphatic carbocycles. The van der Waals surface area contributed by atoms with E-state index in [2.05, 4.69) is 14.9 Å². The van der Waals surface area contributed by atoms with Gasteiger partial charge in [0.2, 0.25) is 0 Å². The molecule has 6 heteroatoms. The van der Waals surface area contributed by atoms with Crippen LogP contribution in [0.2, 0.25) is 5.15 Å². The Labute approximate surface area is 113 Å². The normalized spacial score (nSPS) is 10.7. The van der Waals surface area contributed by atoms with Crippen LogP contribution in [0.4, 0.5) is 5.82 Å². The van der Waals surface area contributed by atoms with E-state index >= 15 is 0 Å². The molecule has 0 atom stereocenters. The molecule has 1 aromatic heterocycles. The van der Waals surface area contributed by atoms with E-state index in [1.807, 2.05) is 6.92 Å². The van der Waals surface area contributed by atoms with Gasteiger partial charge in [0.1, 0.15) is 17.3 Å². The highest BCUT2D eigenvalue weighted by molar-refractivity contribution is 6.30. The summed E-state index contributed by atoms with van der Waals surface area (Å²) in [5, 5.41) is 0.495. The summed E-state index contributed by atoms with van der Waals surface area (Å²) in [7, 11) is 3.39. The minimum absolute atomic E-state index is 0.495. The summed E-state index contributed by atoms with van der Waals surface area (Å²) >= 11 is 6.02. The Morgan fingerprint density at radius 2 is 1.89 bits per heavy atom. The molecule has 0 radical (unpaired) electrons. The first kappa shape index (κ1) is 15.1. The fourth-order valence-corrected chi connectivity index (χ4v) is 1.79. The van der Waals surface area contributed by atoms with Gasteiger partial charge in [-0.3, -0.25) is 0 Å². The molecule has 0 amide bonds. The number of rotatable bonds is 8. The molecule has 18 heavy (non-hydrogen) atoms. The Morgan fingerprint density at radius 3 is 2.56 bits per heavy atom. The van der Waals surface area contributed by atoms with Gasteiger partial charge in [-0.15, -0.1) is 0 Å². The van der Waals surface area contributed by atoms with E-state index in [0.717, 1.165) is 37.5 Å². The minimum atomic E-state index is 0.495. The van der Waals surface area contributed by atoms with Gasteiger partial charge in [-0.25, -0.2) is 9.97 Å². The topological polar surface area (TPSA) is 47.5 Å².